The highest BCUT2D eigenvalue weighted by Gasteiger charge is 2.31. The van der Waals surface area contributed by atoms with E-state index in [4.69, 9.17) is 0 Å². The summed E-state index contributed by atoms with van der Waals surface area (Å²) in [7, 11) is 1.81. The third-order valence-electron chi connectivity index (χ3n) is 3.81. The fraction of sp³-hybridized carbons (Fsp3) is 0.176. The largest absolute Gasteiger partial charge is 0.417 e. The van der Waals surface area contributed by atoms with E-state index in [-0.39, 0.29) is 11.3 Å². The van der Waals surface area contributed by atoms with Crippen molar-refractivity contribution in [3.63, 3.8) is 0 Å². The normalized spacial score (nSPS) is 12.8. The summed E-state index contributed by atoms with van der Waals surface area (Å²) in [4.78, 5) is 20.4. The molecule has 0 aliphatic carbocycles. The number of carbonyl (C=O) groups is 1. The number of Topliss-reactive ketones (excluding diaryl/α,β-unsaturated/α-hetero) is 1. The molecule has 2 heterocycles. The number of aromatic nitrogens is 3. The number of hydrogen-bond acceptors (Lipinski definition) is 4. The van der Waals surface area contributed by atoms with E-state index < -0.39 is 23.4 Å². The number of alkyl halides is 3. The lowest BCUT2D eigenvalue weighted by atomic mass is 9.95. The number of pyridine rings is 1. The Bertz CT molecular complexity index is 984. The number of ketones is 1. The lowest BCUT2D eigenvalue weighted by molar-refractivity contribution is -0.137. The predicted octanol–water partition coefficient (Wildman–Crippen LogP) is 3.48. The van der Waals surface area contributed by atoms with Gasteiger partial charge in [0.25, 0.3) is 0 Å². The van der Waals surface area contributed by atoms with Crippen LogP contribution in [0, 0.1) is 11.3 Å². The summed E-state index contributed by atoms with van der Waals surface area (Å²) >= 11 is 0. The Morgan fingerprint density at radius 3 is 2.60 bits per heavy atom. The van der Waals surface area contributed by atoms with Gasteiger partial charge in [-0.1, -0.05) is 0 Å². The van der Waals surface area contributed by atoms with E-state index in [0.29, 0.717) is 11.7 Å². The molecule has 126 valence electrons. The number of imidazole rings is 1. The van der Waals surface area contributed by atoms with Crippen LogP contribution in [-0.2, 0) is 13.2 Å². The molecular formula is C17H11F3N4O. The molecule has 5 nitrogen and oxygen atoms in total. The Kier molecular flexibility index (Phi) is 4.00. The molecule has 0 saturated carbocycles. The van der Waals surface area contributed by atoms with Gasteiger partial charge >= 0.3 is 6.18 Å². The van der Waals surface area contributed by atoms with Crippen molar-refractivity contribution in [1.29, 1.82) is 5.26 Å². The van der Waals surface area contributed by atoms with E-state index in [9.17, 15) is 23.2 Å². The Morgan fingerprint density at radius 1 is 1.24 bits per heavy atom. The van der Waals surface area contributed by atoms with Crippen LogP contribution in [0.3, 0.4) is 0 Å². The lowest BCUT2D eigenvalue weighted by Gasteiger charge is -2.10. The second-order valence-corrected chi connectivity index (χ2v) is 5.45. The second-order valence-electron chi connectivity index (χ2n) is 5.45. The molecule has 0 saturated heterocycles. The Hall–Kier alpha value is -3.21. The zero-order chi connectivity index (χ0) is 18.2. The van der Waals surface area contributed by atoms with Gasteiger partial charge in [0.15, 0.2) is 11.7 Å². The number of carbonyl (C=O) groups excluding carboxylic acids is 1. The van der Waals surface area contributed by atoms with Gasteiger partial charge in [-0.25, -0.2) is 4.98 Å². The van der Waals surface area contributed by atoms with Crippen LogP contribution < -0.4 is 0 Å². The predicted molar refractivity (Wildman–Crippen MR) is 82.6 cm³/mol. The number of hydrogen-bond donors (Lipinski definition) is 0. The van der Waals surface area contributed by atoms with Gasteiger partial charge in [-0.05, 0) is 30.3 Å². The minimum atomic E-state index is -4.53. The minimum absolute atomic E-state index is 0.0263. The SMILES string of the molecule is Cn1cnc2cc(C(=O)[C@H](C#N)c3ccc(C(F)(F)F)cn3)ccc21. The molecule has 0 radical (unpaired) electrons. The molecule has 0 fully saturated rings. The maximum Gasteiger partial charge on any atom is 0.417 e. The maximum atomic E-state index is 12.6. The zero-order valence-corrected chi connectivity index (χ0v) is 12.9. The van der Waals surface area contributed by atoms with Crippen molar-refractivity contribution >= 4 is 16.8 Å². The Labute approximate surface area is 140 Å². The first-order valence-corrected chi connectivity index (χ1v) is 7.19. The summed E-state index contributed by atoms with van der Waals surface area (Å²) in [6, 6.07) is 8.47. The minimum Gasteiger partial charge on any atom is -0.334 e. The van der Waals surface area contributed by atoms with Gasteiger partial charge < -0.3 is 4.57 Å². The van der Waals surface area contributed by atoms with Crippen LogP contribution in [0.1, 0.15) is 27.5 Å². The van der Waals surface area contributed by atoms with Crippen molar-refractivity contribution in [2.45, 2.75) is 12.1 Å². The number of fused-ring (bicyclic) bond motifs is 1. The summed E-state index contributed by atoms with van der Waals surface area (Å²) < 4.78 is 39.6. The van der Waals surface area contributed by atoms with Gasteiger partial charge in [-0.2, -0.15) is 18.4 Å². The molecule has 3 aromatic rings. The summed E-state index contributed by atoms with van der Waals surface area (Å²) in [6.45, 7) is 0. The highest BCUT2D eigenvalue weighted by Crippen LogP contribution is 2.29. The van der Waals surface area contributed by atoms with Crippen LogP contribution in [0.15, 0.2) is 42.9 Å². The van der Waals surface area contributed by atoms with Crippen LogP contribution in [-0.4, -0.2) is 20.3 Å². The van der Waals surface area contributed by atoms with Crippen molar-refractivity contribution in [1.82, 2.24) is 14.5 Å². The van der Waals surface area contributed by atoms with E-state index in [0.717, 1.165) is 17.6 Å². The number of aryl methyl sites for hydroxylation is 1. The van der Waals surface area contributed by atoms with Gasteiger partial charge in [0.05, 0.1) is 34.7 Å². The summed E-state index contributed by atoms with van der Waals surface area (Å²) in [5, 5.41) is 9.30. The van der Waals surface area contributed by atoms with Crippen molar-refractivity contribution in [3.05, 3.63) is 59.7 Å². The molecule has 0 aliphatic heterocycles. The molecular weight excluding hydrogens is 333 g/mol. The first kappa shape index (κ1) is 16.6. The van der Waals surface area contributed by atoms with E-state index >= 15 is 0 Å². The molecule has 1 aromatic carbocycles. The lowest BCUT2D eigenvalue weighted by Crippen LogP contribution is -2.14. The third kappa shape index (κ3) is 3.08. The number of halogens is 3. The molecule has 0 N–H and O–H groups in total. The van der Waals surface area contributed by atoms with Gasteiger partial charge in [-0.3, -0.25) is 9.78 Å². The van der Waals surface area contributed by atoms with E-state index in [1.54, 1.807) is 36.1 Å². The van der Waals surface area contributed by atoms with E-state index in [2.05, 4.69) is 9.97 Å². The van der Waals surface area contributed by atoms with Crippen molar-refractivity contribution in [3.8, 4) is 6.07 Å². The highest BCUT2D eigenvalue weighted by atomic mass is 19.4. The molecule has 0 amide bonds. The van der Waals surface area contributed by atoms with Gasteiger partial charge in [0, 0.05) is 18.8 Å². The quantitative estimate of drug-likeness (QED) is 0.682. The van der Waals surface area contributed by atoms with E-state index in [1.807, 2.05) is 6.07 Å². The standard InChI is InChI=1S/C17H11F3N4O/c1-24-9-23-14-6-10(2-5-15(14)24)16(25)12(7-21)13-4-3-11(8-22-13)17(18,19)20/h2-6,8-9,12H,1H3/t12-/m1/s1. The smallest absolute Gasteiger partial charge is 0.334 e. The van der Waals surface area contributed by atoms with Crippen LogP contribution >= 0.6 is 0 Å². The maximum absolute atomic E-state index is 12.6. The fourth-order valence-corrected chi connectivity index (χ4v) is 2.46. The van der Waals surface area contributed by atoms with Gasteiger partial charge in [0.2, 0.25) is 0 Å². The van der Waals surface area contributed by atoms with Crippen molar-refractivity contribution < 1.29 is 18.0 Å². The van der Waals surface area contributed by atoms with E-state index in [1.165, 1.54) is 0 Å². The Balaban J connectivity index is 1.94. The molecule has 3 rings (SSSR count). The zero-order valence-electron chi connectivity index (χ0n) is 12.9. The molecule has 0 aliphatic rings. The van der Waals surface area contributed by atoms with Crippen LogP contribution in [0.25, 0.3) is 11.0 Å². The average molecular weight is 344 g/mol. The van der Waals surface area contributed by atoms with Crippen LogP contribution in [0.4, 0.5) is 13.2 Å². The third-order valence-corrected chi connectivity index (χ3v) is 3.81. The molecule has 0 unspecified atom stereocenters. The number of nitrogens with zero attached hydrogens (tertiary/aromatic N) is 4. The molecule has 25 heavy (non-hydrogen) atoms. The molecule has 0 spiro atoms. The summed E-state index contributed by atoms with van der Waals surface area (Å²) in [6.07, 6.45) is -2.31. The summed E-state index contributed by atoms with van der Waals surface area (Å²) in [5.41, 5.74) is 0.694. The van der Waals surface area contributed by atoms with Crippen molar-refractivity contribution in [2.24, 2.45) is 7.05 Å². The summed E-state index contributed by atoms with van der Waals surface area (Å²) in [5.74, 6) is -1.83. The molecule has 1 atom stereocenters. The number of rotatable bonds is 3. The number of nitriles is 1. The number of benzene rings is 1. The molecule has 8 heteroatoms. The molecule has 0 bridgehead atoms. The van der Waals surface area contributed by atoms with Gasteiger partial charge in [0.1, 0.15) is 0 Å². The monoisotopic (exact) mass is 344 g/mol. The van der Waals surface area contributed by atoms with Crippen molar-refractivity contribution in [2.75, 3.05) is 0 Å². The first-order valence-electron chi connectivity index (χ1n) is 7.19. The topological polar surface area (TPSA) is 71.6 Å². The fourth-order valence-electron chi connectivity index (χ4n) is 2.46. The first-order chi connectivity index (χ1) is 11.8. The Morgan fingerprint density at radius 2 is 2.00 bits per heavy atom. The van der Waals surface area contributed by atoms with Gasteiger partial charge in [-0.15, -0.1) is 0 Å². The average Bonchev–Trinajstić information content (AvgIpc) is 2.96. The van der Waals surface area contributed by atoms with Crippen LogP contribution in [0.2, 0.25) is 0 Å². The second kappa shape index (κ2) is 6.02. The van der Waals surface area contributed by atoms with Crippen LogP contribution in [0.5, 0.6) is 0 Å². The highest BCUT2D eigenvalue weighted by molar-refractivity contribution is 6.04. The molecule has 2 aromatic heterocycles.